The van der Waals surface area contributed by atoms with Crippen LogP contribution in [0.3, 0.4) is 0 Å². The van der Waals surface area contributed by atoms with E-state index >= 15 is 0 Å². The number of sulfone groups is 1. The third-order valence-electron chi connectivity index (χ3n) is 4.16. The molecule has 1 fully saturated rings. The molecule has 138 valence electrons. The first-order valence-corrected chi connectivity index (χ1v) is 10.3. The van der Waals surface area contributed by atoms with E-state index < -0.39 is 9.84 Å². The first-order chi connectivity index (χ1) is 11.7. The summed E-state index contributed by atoms with van der Waals surface area (Å²) in [6, 6.07) is 2.69. The Balaban J connectivity index is 2.15. The molecule has 0 bridgehead atoms. The standard InChI is InChI=1S/C17H25N3O4S/c1-4-20(14-6-8-25(23,24)11-14)17(22)15-9-13(5-7-18-15)16(21)19-10-12(2)3/h5,7,9,12,14H,4,6,8,10-11H2,1-3H3,(H,19,21). The molecule has 0 aromatic carbocycles. The molecular formula is C17H25N3O4S. The maximum atomic E-state index is 12.8. The Morgan fingerprint density at radius 2 is 2.12 bits per heavy atom. The Bertz CT molecular complexity index is 746. The third-order valence-corrected chi connectivity index (χ3v) is 5.91. The minimum absolute atomic E-state index is 0.0128. The fourth-order valence-electron chi connectivity index (χ4n) is 2.82. The van der Waals surface area contributed by atoms with Crippen LogP contribution < -0.4 is 5.32 Å². The Kier molecular flexibility index (Phi) is 6.16. The fraction of sp³-hybridized carbons (Fsp3) is 0.588. The van der Waals surface area contributed by atoms with Gasteiger partial charge in [0.25, 0.3) is 11.8 Å². The molecule has 1 aliphatic heterocycles. The molecule has 1 aromatic heterocycles. The quantitative estimate of drug-likeness (QED) is 0.813. The molecule has 25 heavy (non-hydrogen) atoms. The van der Waals surface area contributed by atoms with Crippen molar-refractivity contribution in [1.82, 2.24) is 15.2 Å². The predicted octanol–water partition coefficient (Wildman–Crippen LogP) is 1.12. The van der Waals surface area contributed by atoms with E-state index in [1.54, 1.807) is 6.07 Å². The monoisotopic (exact) mass is 367 g/mol. The second kappa shape index (κ2) is 7.95. The summed E-state index contributed by atoms with van der Waals surface area (Å²) < 4.78 is 23.4. The van der Waals surface area contributed by atoms with Crippen molar-refractivity contribution in [1.29, 1.82) is 0 Å². The highest BCUT2D eigenvalue weighted by Crippen LogP contribution is 2.19. The van der Waals surface area contributed by atoms with E-state index in [1.165, 1.54) is 17.2 Å². The van der Waals surface area contributed by atoms with E-state index in [2.05, 4.69) is 10.3 Å². The van der Waals surface area contributed by atoms with E-state index in [0.29, 0.717) is 31.0 Å². The summed E-state index contributed by atoms with van der Waals surface area (Å²) in [6.45, 7) is 6.74. The van der Waals surface area contributed by atoms with Gasteiger partial charge in [-0.15, -0.1) is 0 Å². The van der Waals surface area contributed by atoms with Crippen molar-refractivity contribution in [3.05, 3.63) is 29.6 Å². The van der Waals surface area contributed by atoms with Crippen molar-refractivity contribution < 1.29 is 18.0 Å². The second-order valence-corrected chi connectivity index (χ2v) is 8.91. The molecule has 1 aliphatic rings. The number of hydrogen-bond acceptors (Lipinski definition) is 5. The zero-order valence-electron chi connectivity index (χ0n) is 14.9. The number of nitrogens with one attached hydrogen (secondary N) is 1. The smallest absolute Gasteiger partial charge is 0.272 e. The number of pyridine rings is 1. The first kappa shape index (κ1) is 19.4. The number of carbonyl (C=O) groups is 2. The van der Waals surface area contributed by atoms with Gasteiger partial charge < -0.3 is 10.2 Å². The lowest BCUT2D eigenvalue weighted by Crippen LogP contribution is -2.41. The highest BCUT2D eigenvalue weighted by Gasteiger charge is 2.34. The maximum Gasteiger partial charge on any atom is 0.272 e. The van der Waals surface area contributed by atoms with Crippen molar-refractivity contribution in [2.75, 3.05) is 24.6 Å². The van der Waals surface area contributed by atoms with Crippen LogP contribution in [0.1, 0.15) is 48.0 Å². The SMILES string of the molecule is CCN(C(=O)c1cc(C(=O)NCC(C)C)ccn1)C1CCS(=O)(=O)C1. The van der Waals surface area contributed by atoms with Crippen LogP contribution in [0.15, 0.2) is 18.3 Å². The van der Waals surface area contributed by atoms with Gasteiger partial charge in [0.1, 0.15) is 5.69 Å². The van der Waals surface area contributed by atoms with Crippen molar-refractivity contribution >= 4 is 21.7 Å². The van der Waals surface area contributed by atoms with Crippen LogP contribution in [0.4, 0.5) is 0 Å². The van der Waals surface area contributed by atoms with Gasteiger partial charge in [-0.1, -0.05) is 13.8 Å². The lowest BCUT2D eigenvalue weighted by atomic mass is 10.1. The molecule has 1 saturated heterocycles. The number of aromatic nitrogens is 1. The average Bonchev–Trinajstić information content (AvgIpc) is 2.93. The summed E-state index contributed by atoms with van der Waals surface area (Å²) >= 11 is 0. The van der Waals surface area contributed by atoms with Crippen LogP contribution in [0.5, 0.6) is 0 Å². The van der Waals surface area contributed by atoms with Gasteiger partial charge in [0, 0.05) is 30.9 Å². The summed E-state index contributed by atoms with van der Waals surface area (Å²) in [5, 5.41) is 2.80. The molecule has 8 heteroatoms. The van der Waals surface area contributed by atoms with Crippen LogP contribution in [-0.4, -0.2) is 60.8 Å². The fourth-order valence-corrected chi connectivity index (χ4v) is 4.55. The average molecular weight is 367 g/mol. The molecular weight excluding hydrogens is 342 g/mol. The van der Waals surface area contributed by atoms with Gasteiger partial charge in [0.05, 0.1) is 11.5 Å². The van der Waals surface area contributed by atoms with Crippen LogP contribution in [0.25, 0.3) is 0 Å². The van der Waals surface area contributed by atoms with Gasteiger partial charge >= 0.3 is 0 Å². The summed E-state index contributed by atoms with van der Waals surface area (Å²) in [5.74, 6) is -0.181. The molecule has 0 radical (unpaired) electrons. The topological polar surface area (TPSA) is 96.4 Å². The Morgan fingerprint density at radius 3 is 2.68 bits per heavy atom. The Morgan fingerprint density at radius 1 is 1.40 bits per heavy atom. The normalized spacial score (nSPS) is 19.0. The highest BCUT2D eigenvalue weighted by molar-refractivity contribution is 7.91. The van der Waals surface area contributed by atoms with Crippen LogP contribution in [-0.2, 0) is 9.84 Å². The summed E-state index contributed by atoms with van der Waals surface area (Å²) in [5.41, 5.74) is 0.525. The molecule has 1 atom stereocenters. The highest BCUT2D eigenvalue weighted by atomic mass is 32.2. The lowest BCUT2D eigenvalue weighted by molar-refractivity contribution is 0.0702. The summed E-state index contributed by atoms with van der Waals surface area (Å²) in [7, 11) is -3.08. The zero-order chi connectivity index (χ0) is 18.6. The molecule has 2 amide bonds. The van der Waals surface area contributed by atoms with Gasteiger partial charge in [-0.2, -0.15) is 0 Å². The molecule has 1 N–H and O–H groups in total. The largest absolute Gasteiger partial charge is 0.352 e. The van der Waals surface area contributed by atoms with Crippen molar-refractivity contribution in [2.45, 2.75) is 33.2 Å². The molecule has 2 rings (SSSR count). The second-order valence-electron chi connectivity index (χ2n) is 6.68. The minimum Gasteiger partial charge on any atom is -0.352 e. The van der Waals surface area contributed by atoms with E-state index in [4.69, 9.17) is 0 Å². The molecule has 7 nitrogen and oxygen atoms in total. The van der Waals surface area contributed by atoms with Gasteiger partial charge in [0.15, 0.2) is 9.84 Å². The number of nitrogens with zero attached hydrogens (tertiary/aromatic N) is 2. The van der Waals surface area contributed by atoms with Gasteiger partial charge in [-0.3, -0.25) is 14.6 Å². The van der Waals surface area contributed by atoms with E-state index in [0.717, 1.165) is 0 Å². The summed E-state index contributed by atoms with van der Waals surface area (Å²) in [6.07, 6.45) is 1.87. The van der Waals surface area contributed by atoms with E-state index in [1.807, 2.05) is 20.8 Å². The molecule has 0 saturated carbocycles. The summed E-state index contributed by atoms with van der Waals surface area (Å²) in [4.78, 5) is 30.5. The van der Waals surface area contributed by atoms with Crippen molar-refractivity contribution in [2.24, 2.45) is 5.92 Å². The maximum absolute atomic E-state index is 12.8. The molecule has 0 spiro atoms. The van der Waals surface area contributed by atoms with Gasteiger partial charge in [0.2, 0.25) is 0 Å². The molecule has 1 unspecified atom stereocenters. The van der Waals surface area contributed by atoms with Gasteiger partial charge in [-0.05, 0) is 31.4 Å². The van der Waals surface area contributed by atoms with Crippen LogP contribution in [0.2, 0.25) is 0 Å². The van der Waals surface area contributed by atoms with Crippen LogP contribution in [0, 0.1) is 5.92 Å². The number of rotatable bonds is 6. The number of carbonyl (C=O) groups excluding carboxylic acids is 2. The van der Waals surface area contributed by atoms with Crippen LogP contribution >= 0.6 is 0 Å². The molecule has 1 aromatic rings. The lowest BCUT2D eigenvalue weighted by Gasteiger charge is -2.26. The van der Waals surface area contributed by atoms with Gasteiger partial charge in [-0.25, -0.2) is 8.42 Å². The number of amides is 2. The number of hydrogen-bond donors (Lipinski definition) is 1. The zero-order valence-corrected chi connectivity index (χ0v) is 15.7. The predicted molar refractivity (Wildman–Crippen MR) is 95.2 cm³/mol. The van der Waals surface area contributed by atoms with Crippen molar-refractivity contribution in [3.8, 4) is 0 Å². The minimum atomic E-state index is -3.08. The molecule has 0 aliphatic carbocycles. The first-order valence-electron chi connectivity index (χ1n) is 8.49. The Hall–Kier alpha value is -1.96. The van der Waals surface area contributed by atoms with Crippen molar-refractivity contribution in [3.63, 3.8) is 0 Å². The Labute approximate surface area is 148 Å². The third kappa shape index (κ3) is 5.01. The molecule has 2 heterocycles. The van der Waals surface area contributed by atoms with E-state index in [-0.39, 0.29) is 35.1 Å². The van der Waals surface area contributed by atoms with E-state index in [9.17, 15) is 18.0 Å².